The van der Waals surface area contributed by atoms with Crippen molar-refractivity contribution in [3.8, 4) is 0 Å². The SMILES string of the molecule is CC(C)(O)CCNc1ccccc1F. The third-order valence-electron chi connectivity index (χ3n) is 1.93. The molecule has 78 valence electrons. The van der Waals surface area contributed by atoms with Crippen LogP contribution >= 0.6 is 0 Å². The highest BCUT2D eigenvalue weighted by molar-refractivity contribution is 5.44. The highest BCUT2D eigenvalue weighted by atomic mass is 19.1. The molecule has 0 fully saturated rings. The number of hydrogen-bond acceptors (Lipinski definition) is 2. The Hall–Kier alpha value is -1.09. The summed E-state index contributed by atoms with van der Waals surface area (Å²) in [6, 6.07) is 6.51. The summed E-state index contributed by atoms with van der Waals surface area (Å²) in [6.07, 6.45) is 0.585. The van der Waals surface area contributed by atoms with Gasteiger partial charge in [0.05, 0.1) is 11.3 Å². The van der Waals surface area contributed by atoms with E-state index in [2.05, 4.69) is 5.32 Å². The lowest BCUT2D eigenvalue weighted by atomic mass is 10.1. The second-order valence-corrected chi connectivity index (χ2v) is 3.97. The molecule has 1 aromatic carbocycles. The van der Waals surface area contributed by atoms with Crippen molar-refractivity contribution in [2.24, 2.45) is 0 Å². The van der Waals surface area contributed by atoms with E-state index in [1.165, 1.54) is 6.07 Å². The molecule has 0 saturated heterocycles. The van der Waals surface area contributed by atoms with E-state index in [-0.39, 0.29) is 5.82 Å². The summed E-state index contributed by atoms with van der Waals surface area (Å²) in [6.45, 7) is 4.02. The minimum atomic E-state index is -0.710. The van der Waals surface area contributed by atoms with Gasteiger partial charge in [-0.15, -0.1) is 0 Å². The maximum absolute atomic E-state index is 13.1. The van der Waals surface area contributed by atoms with Crippen molar-refractivity contribution in [2.45, 2.75) is 25.9 Å². The first kappa shape index (κ1) is 11.0. The second-order valence-electron chi connectivity index (χ2n) is 3.97. The van der Waals surface area contributed by atoms with Gasteiger partial charge in [-0.2, -0.15) is 0 Å². The molecular weight excluding hydrogens is 181 g/mol. The standard InChI is InChI=1S/C11H16FNO/c1-11(2,14)7-8-13-10-6-4-3-5-9(10)12/h3-6,13-14H,7-8H2,1-2H3. The maximum Gasteiger partial charge on any atom is 0.146 e. The molecule has 3 heteroatoms. The van der Waals surface area contributed by atoms with Gasteiger partial charge >= 0.3 is 0 Å². The van der Waals surface area contributed by atoms with Crippen LogP contribution < -0.4 is 5.32 Å². The number of rotatable bonds is 4. The monoisotopic (exact) mass is 197 g/mol. The fraction of sp³-hybridized carbons (Fsp3) is 0.455. The second kappa shape index (κ2) is 4.42. The third kappa shape index (κ3) is 3.75. The van der Waals surface area contributed by atoms with Gasteiger partial charge in [-0.25, -0.2) is 4.39 Å². The molecule has 0 amide bonds. The summed E-state index contributed by atoms with van der Waals surface area (Å²) >= 11 is 0. The molecule has 14 heavy (non-hydrogen) atoms. The van der Waals surface area contributed by atoms with Crippen molar-refractivity contribution >= 4 is 5.69 Å². The van der Waals surface area contributed by atoms with Crippen LogP contribution in [0.25, 0.3) is 0 Å². The molecule has 1 rings (SSSR count). The Morgan fingerprint density at radius 2 is 2.00 bits per heavy atom. The molecule has 0 aromatic heterocycles. The molecule has 2 N–H and O–H groups in total. The van der Waals surface area contributed by atoms with Gasteiger partial charge in [0, 0.05) is 6.54 Å². The molecular formula is C11H16FNO. The van der Waals surface area contributed by atoms with E-state index in [4.69, 9.17) is 0 Å². The zero-order valence-electron chi connectivity index (χ0n) is 8.55. The first-order chi connectivity index (χ1) is 6.49. The molecule has 0 aliphatic carbocycles. The van der Waals surface area contributed by atoms with E-state index in [0.717, 1.165) is 0 Å². The number of aliphatic hydroxyl groups is 1. The smallest absolute Gasteiger partial charge is 0.146 e. The van der Waals surface area contributed by atoms with Crippen LogP contribution in [0.3, 0.4) is 0 Å². The molecule has 0 radical (unpaired) electrons. The van der Waals surface area contributed by atoms with Crippen LogP contribution in [0.15, 0.2) is 24.3 Å². The Labute approximate surface area is 83.8 Å². The van der Waals surface area contributed by atoms with Crippen molar-refractivity contribution in [2.75, 3.05) is 11.9 Å². The quantitative estimate of drug-likeness (QED) is 0.776. The molecule has 0 aliphatic heterocycles. The summed E-state index contributed by atoms with van der Waals surface area (Å²) in [5.41, 5.74) is -0.227. The van der Waals surface area contributed by atoms with Crippen LogP contribution in [0, 0.1) is 5.82 Å². The minimum Gasteiger partial charge on any atom is -0.390 e. The van der Waals surface area contributed by atoms with Crippen LogP contribution in [-0.2, 0) is 0 Å². The summed E-state index contributed by atoms with van der Waals surface area (Å²) in [5.74, 6) is -0.261. The van der Waals surface area contributed by atoms with Crippen molar-refractivity contribution in [3.63, 3.8) is 0 Å². The summed E-state index contributed by atoms with van der Waals surface area (Å²) in [7, 11) is 0. The van der Waals surface area contributed by atoms with Crippen molar-refractivity contribution in [1.82, 2.24) is 0 Å². The van der Waals surface area contributed by atoms with Crippen LogP contribution in [-0.4, -0.2) is 17.3 Å². The van der Waals surface area contributed by atoms with Gasteiger partial charge in [-0.3, -0.25) is 0 Å². The minimum absolute atomic E-state index is 0.261. The summed E-state index contributed by atoms with van der Waals surface area (Å²) in [5, 5.41) is 12.4. The molecule has 1 aromatic rings. The predicted molar refractivity (Wildman–Crippen MR) is 55.8 cm³/mol. The molecule has 2 nitrogen and oxygen atoms in total. The Bertz CT molecular complexity index is 294. The van der Waals surface area contributed by atoms with E-state index in [1.807, 2.05) is 0 Å². The van der Waals surface area contributed by atoms with Crippen LogP contribution in [0.1, 0.15) is 20.3 Å². The molecule has 0 saturated carbocycles. The molecule has 0 spiro atoms. The van der Waals surface area contributed by atoms with Crippen LogP contribution in [0.4, 0.5) is 10.1 Å². The van der Waals surface area contributed by atoms with Crippen molar-refractivity contribution in [1.29, 1.82) is 0 Å². The van der Waals surface area contributed by atoms with Crippen LogP contribution in [0.5, 0.6) is 0 Å². The lowest BCUT2D eigenvalue weighted by Crippen LogP contribution is -2.22. The number of para-hydroxylation sites is 1. The van der Waals surface area contributed by atoms with Gasteiger partial charge in [-0.05, 0) is 32.4 Å². The fourth-order valence-electron chi connectivity index (χ4n) is 1.11. The zero-order chi connectivity index (χ0) is 10.6. The van der Waals surface area contributed by atoms with Gasteiger partial charge in [0.2, 0.25) is 0 Å². The molecule has 0 unspecified atom stereocenters. The maximum atomic E-state index is 13.1. The van der Waals surface area contributed by atoms with E-state index in [9.17, 15) is 9.50 Å². The average Bonchev–Trinajstić information content (AvgIpc) is 2.06. The number of nitrogens with one attached hydrogen (secondary N) is 1. The first-order valence-corrected chi connectivity index (χ1v) is 4.70. The average molecular weight is 197 g/mol. The predicted octanol–water partition coefficient (Wildman–Crippen LogP) is 2.40. The number of halogens is 1. The number of hydrogen-bond donors (Lipinski definition) is 2. The number of benzene rings is 1. The molecule has 0 atom stereocenters. The lowest BCUT2D eigenvalue weighted by Gasteiger charge is -2.17. The first-order valence-electron chi connectivity index (χ1n) is 4.70. The summed E-state index contributed by atoms with van der Waals surface area (Å²) < 4.78 is 13.1. The van der Waals surface area contributed by atoms with Crippen molar-refractivity contribution in [3.05, 3.63) is 30.1 Å². The molecule has 0 bridgehead atoms. The van der Waals surface area contributed by atoms with Gasteiger partial charge < -0.3 is 10.4 Å². The van der Waals surface area contributed by atoms with E-state index < -0.39 is 5.60 Å². The fourth-order valence-corrected chi connectivity index (χ4v) is 1.11. The normalized spacial score (nSPS) is 11.4. The van der Waals surface area contributed by atoms with Gasteiger partial charge in [0.25, 0.3) is 0 Å². The highest BCUT2D eigenvalue weighted by Gasteiger charge is 2.11. The van der Waals surface area contributed by atoms with E-state index in [1.54, 1.807) is 32.0 Å². The van der Waals surface area contributed by atoms with Crippen LogP contribution in [0.2, 0.25) is 0 Å². The van der Waals surface area contributed by atoms with Crippen molar-refractivity contribution < 1.29 is 9.50 Å². The van der Waals surface area contributed by atoms with Gasteiger partial charge in [0.1, 0.15) is 5.82 Å². The Kier molecular flexibility index (Phi) is 3.47. The topological polar surface area (TPSA) is 32.3 Å². The molecule has 0 heterocycles. The number of anilines is 1. The Morgan fingerprint density at radius 3 is 2.57 bits per heavy atom. The van der Waals surface area contributed by atoms with E-state index in [0.29, 0.717) is 18.7 Å². The largest absolute Gasteiger partial charge is 0.390 e. The zero-order valence-corrected chi connectivity index (χ0v) is 8.55. The van der Waals surface area contributed by atoms with E-state index >= 15 is 0 Å². The van der Waals surface area contributed by atoms with Gasteiger partial charge in [0.15, 0.2) is 0 Å². The lowest BCUT2D eigenvalue weighted by molar-refractivity contribution is 0.0748. The third-order valence-corrected chi connectivity index (χ3v) is 1.93. The Morgan fingerprint density at radius 1 is 1.36 bits per heavy atom. The van der Waals surface area contributed by atoms with Gasteiger partial charge in [-0.1, -0.05) is 12.1 Å². The molecule has 0 aliphatic rings. The summed E-state index contributed by atoms with van der Waals surface area (Å²) in [4.78, 5) is 0. The highest BCUT2D eigenvalue weighted by Crippen LogP contribution is 2.13. The Balaban J connectivity index is 2.43.